The van der Waals surface area contributed by atoms with Crippen LogP contribution in [0.4, 0.5) is 23.2 Å². The first-order valence-corrected chi connectivity index (χ1v) is 11.0. The van der Waals surface area contributed by atoms with Crippen LogP contribution < -0.4 is 5.32 Å². The summed E-state index contributed by atoms with van der Waals surface area (Å²) in [4.78, 5) is 19.0. The summed E-state index contributed by atoms with van der Waals surface area (Å²) in [5.74, 6) is -0.0441. The van der Waals surface area contributed by atoms with Crippen LogP contribution in [-0.4, -0.2) is 34.0 Å². The first-order valence-electron chi connectivity index (χ1n) is 11.0. The molecule has 6 nitrogen and oxygen atoms in total. The SMILES string of the molecule is CCc1cc(-c2nc(CN3CCC(C(=O)Nc4cccc(C(F)(F)F)c4)CC3)no2)ccc1F. The Morgan fingerprint density at radius 3 is 2.65 bits per heavy atom. The molecular weight excluding hydrogens is 452 g/mol. The smallest absolute Gasteiger partial charge is 0.334 e. The minimum absolute atomic E-state index is 0.133. The molecule has 2 heterocycles. The molecule has 0 spiro atoms. The van der Waals surface area contributed by atoms with E-state index < -0.39 is 11.7 Å². The Labute approximate surface area is 194 Å². The minimum Gasteiger partial charge on any atom is -0.334 e. The van der Waals surface area contributed by atoms with Gasteiger partial charge in [-0.2, -0.15) is 18.2 Å². The van der Waals surface area contributed by atoms with Crippen molar-refractivity contribution in [1.29, 1.82) is 0 Å². The van der Waals surface area contributed by atoms with Crippen molar-refractivity contribution < 1.29 is 26.9 Å². The van der Waals surface area contributed by atoms with E-state index in [0.717, 1.165) is 12.1 Å². The molecule has 0 aliphatic carbocycles. The van der Waals surface area contributed by atoms with Gasteiger partial charge in [-0.1, -0.05) is 18.1 Å². The Hall–Kier alpha value is -3.27. The number of benzene rings is 2. The van der Waals surface area contributed by atoms with E-state index in [-0.39, 0.29) is 23.3 Å². The summed E-state index contributed by atoms with van der Waals surface area (Å²) in [6.07, 6.45) is -2.78. The van der Waals surface area contributed by atoms with Crippen LogP contribution in [0.1, 0.15) is 36.7 Å². The van der Waals surface area contributed by atoms with Gasteiger partial charge in [-0.25, -0.2) is 4.39 Å². The lowest BCUT2D eigenvalue weighted by Gasteiger charge is -2.30. The van der Waals surface area contributed by atoms with E-state index in [0.29, 0.717) is 61.7 Å². The number of hydrogen-bond acceptors (Lipinski definition) is 5. The summed E-state index contributed by atoms with van der Waals surface area (Å²) in [7, 11) is 0. The first-order chi connectivity index (χ1) is 16.2. The van der Waals surface area contributed by atoms with Crippen LogP contribution in [0.15, 0.2) is 47.0 Å². The third-order valence-corrected chi connectivity index (χ3v) is 5.92. The van der Waals surface area contributed by atoms with Crippen LogP contribution in [0.5, 0.6) is 0 Å². The molecule has 1 aromatic heterocycles. The van der Waals surface area contributed by atoms with E-state index in [2.05, 4.69) is 20.4 Å². The second kappa shape index (κ2) is 9.92. The molecule has 4 rings (SSSR count). The van der Waals surface area contributed by atoms with Crippen LogP contribution in [-0.2, 0) is 23.9 Å². The van der Waals surface area contributed by atoms with Crippen LogP contribution in [0, 0.1) is 11.7 Å². The average molecular weight is 476 g/mol. The monoisotopic (exact) mass is 476 g/mol. The van der Waals surface area contributed by atoms with E-state index in [1.165, 1.54) is 18.2 Å². The maximum atomic E-state index is 13.7. The number of hydrogen-bond donors (Lipinski definition) is 1. The summed E-state index contributed by atoms with van der Waals surface area (Å²) < 4.78 is 57.7. The quantitative estimate of drug-likeness (QED) is 0.489. The number of carbonyl (C=O) groups is 1. The van der Waals surface area contributed by atoms with E-state index in [1.54, 1.807) is 12.1 Å². The van der Waals surface area contributed by atoms with Gasteiger partial charge in [-0.3, -0.25) is 9.69 Å². The summed E-state index contributed by atoms with van der Waals surface area (Å²) >= 11 is 0. The van der Waals surface area contributed by atoms with Crippen LogP contribution in [0.2, 0.25) is 0 Å². The van der Waals surface area contributed by atoms with Crippen LogP contribution in [0.3, 0.4) is 0 Å². The molecule has 0 unspecified atom stereocenters. The average Bonchev–Trinajstić information content (AvgIpc) is 3.28. The highest BCUT2D eigenvalue weighted by atomic mass is 19.4. The number of likely N-dealkylation sites (tertiary alicyclic amines) is 1. The maximum Gasteiger partial charge on any atom is 0.416 e. The zero-order chi connectivity index (χ0) is 24.3. The van der Waals surface area contributed by atoms with Crippen molar-refractivity contribution in [3.8, 4) is 11.5 Å². The first kappa shape index (κ1) is 23.9. The number of halogens is 4. The van der Waals surface area contributed by atoms with Gasteiger partial charge in [0.25, 0.3) is 5.89 Å². The summed E-state index contributed by atoms with van der Waals surface area (Å²) in [5.41, 5.74) is 0.560. The van der Waals surface area contributed by atoms with E-state index in [1.807, 2.05) is 6.92 Å². The predicted octanol–water partition coefficient (Wildman–Crippen LogP) is 5.31. The second-order valence-electron chi connectivity index (χ2n) is 8.29. The zero-order valence-corrected chi connectivity index (χ0v) is 18.5. The molecule has 0 radical (unpaired) electrons. The Morgan fingerprint density at radius 1 is 1.18 bits per heavy atom. The van der Waals surface area contributed by atoms with E-state index in [9.17, 15) is 22.4 Å². The fraction of sp³-hybridized carbons (Fsp3) is 0.375. The molecule has 0 atom stereocenters. The Bertz CT molecular complexity index is 1150. The number of anilines is 1. The number of nitrogens with zero attached hydrogens (tertiary/aromatic N) is 3. The van der Waals surface area contributed by atoms with Gasteiger partial charge in [-0.15, -0.1) is 0 Å². The lowest BCUT2D eigenvalue weighted by molar-refractivity contribution is -0.137. The van der Waals surface area contributed by atoms with Gasteiger partial charge in [0.05, 0.1) is 12.1 Å². The van der Waals surface area contributed by atoms with Gasteiger partial charge >= 0.3 is 6.18 Å². The van der Waals surface area contributed by atoms with Crippen molar-refractivity contribution >= 4 is 11.6 Å². The Morgan fingerprint density at radius 2 is 1.94 bits per heavy atom. The minimum atomic E-state index is -4.46. The molecule has 1 fully saturated rings. The predicted molar refractivity (Wildman–Crippen MR) is 117 cm³/mol. The lowest BCUT2D eigenvalue weighted by atomic mass is 9.95. The molecule has 1 amide bonds. The molecule has 0 saturated carbocycles. The molecule has 3 aromatic rings. The van der Waals surface area contributed by atoms with Crippen molar-refractivity contribution in [2.75, 3.05) is 18.4 Å². The number of aryl methyl sites for hydroxylation is 1. The Kier molecular flexibility index (Phi) is 6.97. The number of piperidine rings is 1. The van der Waals surface area contributed by atoms with Crippen molar-refractivity contribution in [2.45, 2.75) is 38.9 Å². The van der Waals surface area contributed by atoms with Crippen molar-refractivity contribution in [2.24, 2.45) is 5.92 Å². The number of alkyl halides is 3. The highest BCUT2D eigenvalue weighted by Crippen LogP contribution is 2.31. The molecule has 10 heteroatoms. The van der Waals surface area contributed by atoms with Gasteiger partial charge in [0.2, 0.25) is 5.91 Å². The topological polar surface area (TPSA) is 71.3 Å². The molecule has 0 bridgehead atoms. The molecule has 1 saturated heterocycles. The van der Waals surface area contributed by atoms with E-state index >= 15 is 0 Å². The summed E-state index contributed by atoms with van der Waals surface area (Å²) in [6.45, 7) is 3.53. The molecule has 1 N–H and O–H groups in total. The molecular formula is C24H24F4N4O2. The van der Waals surface area contributed by atoms with Gasteiger partial charge in [0, 0.05) is 17.2 Å². The van der Waals surface area contributed by atoms with E-state index in [4.69, 9.17) is 4.52 Å². The lowest BCUT2D eigenvalue weighted by Crippen LogP contribution is -2.38. The second-order valence-corrected chi connectivity index (χ2v) is 8.29. The standard InChI is InChI=1S/C24H24F4N4O2/c1-2-15-12-17(6-7-20(15)25)23-30-21(31-34-23)14-32-10-8-16(9-11-32)22(33)29-19-5-3-4-18(13-19)24(26,27)28/h3-7,12-13,16H,2,8-11,14H2,1H3,(H,29,33). The Balaban J connectivity index is 1.30. The largest absolute Gasteiger partial charge is 0.416 e. The fourth-order valence-electron chi connectivity index (χ4n) is 3.99. The highest BCUT2D eigenvalue weighted by molar-refractivity contribution is 5.92. The molecule has 1 aliphatic heterocycles. The fourth-order valence-corrected chi connectivity index (χ4v) is 3.99. The van der Waals surface area contributed by atoms with Gasteiger partial charge < -0.3 is 9.84 Å². The van der Waals surface area contributed by atoms with Gasteiger partial charge in [0.15, 0.2) is 5.82 Å². The number of aromatic nitrogens is 2. The van der Waals surface area contributed by atoms with Gasteiger partial charge in [0.1, 0.15) is 5.82 Å². The number of carbonyl (C=O) groups excluding carboxylic acids is 1. The van der Waals surface area contributed by atoms with Crippen molar-refractivity contribution in [1.82, 2.24) is 15.0 Å². The normalized spacial score (nSPS) is 15.4. The highest BCUT2D eigenvalue weighted by Gasteiger charge is 2.31. The third kappa shape index (κ3) is 5.61. The van der Waals surface area contributed by atoms with Crippen molar-refractivity contribution in [3.63, 3.8) is 0 Å². The number of nitrogens with one attached hydrogen (secondary N) is 1. The molecule has 34 heavy (non-hydrogen) atoms. The van der Waals surface area contributed by atoms with Gasteiger partial charge in [-0.05, 0) is 74.3 Å². The van der Waals surface area contributed by atoms with Crippen LogP contribution >= 0.6 is 0 Å². The maximum absolute atomic E-state index is 13.7. The molecule has 2 aromatic carbocycles. The van der Waals surface area contributed by atoms with Crippen LogP contribution in [0.25, 0.3) is 11.5 Å². The number of amides is 1. The number of rotatable bonds is 6. The summed E-state index contributed by atoms with van der Waals surface area (Å²) in [5, 5.41) is 6.61. The molecule has 180 valence electrons. The summed E-state index contributed by atoms with van der Waals surface area (Å²) in [6, 6.07) is 9.30. The zero-order valence-electron chi connectivity index (χ0n) is 18.5. The third-order valence-electron chi connectivity index (χ3n) is 5.92. The molecule has 1 aliphatic rings. The van der Waals surface area contributed by atoms with Crippen molar-refractivity contribution in [3.05, 3.63) is 65.2 Å².